The Morgan fingerprint density at radius 2 is 1.75 bits per heavy atom. The Bertz CT molecular complexity index is 720. The van der Waals surface area contributed by atoms with Gasteiger partial charge in [-0.3, -0.25) is 0 Å². The molecule has 0 spiro atoms. The van der Waals surface area contributed by atoms with Crippen molar-refractivity contribution in [1.82, 2.24) is 0 Å². The molecular formula is C18H16O2. The standard InChI is InChI=1S/C18H16O2/c19-18(15-7-3-2-6-14(15)12-9-10-12)17-11-13-5-1-4-8-16(13)20-17/h1-8,11-12,18-19H,9-10H2. The summed E-state index contributed by atoms with van der Waals surface area (Å²) in [5.41, 5.74) is 3.07. The molecule has 2 nitrogen and oxygen atoms in total. The van der Waals surface area contributed by atoms with Gasteiger partial charge in [-0.15, -0.1) is 0 Å². The number of aliphatic hydroxyl groups excluding tert-OH is 1. The lowest BCUT2D eigenvalue weighted by Crippen LogP contribution is -2.01. The van der Waals surface area contributed by atoms with Crippen molar-refractivity contribution in [2.45, 2.75) is 24.9 Å². The van der Waals surface area contributed by atoms with Gasteiger partial charge in [0.2, 0.25) is 0 Å². The predicted octanol–water partition coefficient (Wildman–Crippen LogP) is 4.39. The van der Waals surface area contributed by atoms with Gasteiger partial charge in [0.1, 0.15) is 17.4 Å². The second-order valence-electron chi connectivity index (χ2n) is 5.49. The molecule has 1 fully saturated rings. The number of para-hydroxylation sites is 1. The van der Waals surface area contributed by atoms with Crippen molar-refractivity contribution in [3.05, 3.63) is 71.5 Å². The Labute approximate surface area is 117 Å². The topological polar surface area (TPSA) is 33.4 Å². The zero-order chi connectivity index (χ0) is 13.5. The lowest BCUT2D eigenvalue weighted by Gasteiger charge is -2.13. The molecule has 0 radical (unpaired) electrons. The SMILES string of the molecule is OC(c1cc2ccccc2o1)c1ccccc1C1CC1. The van der Waals surface area contributed by atoms with Crippen molar-refractivity contribution >= 4 is 11.0 Å². The minimum atomic E-state index is -0.681. The van der Waals surface area contributed by atoms with E-state index in [1.165, 1.54) is 18.4 Å². The third-order valence-corrected chi connectivity index (χ3v) is 4.02. The zero-order valence-electron chi connectivity index (χ0n) is 11.1. The zero-order valence-corrected chi connectivity index (χ0v) is 11.1. The molecule has 0 saturated heterocycles. The molecule has 1 heterocycles. The van der Waals surface area contributed by atoms with Crippen LogP contribution in [0.4, 0.5) is 0 Å². The van der Waals surface area contributed by atoms with Crippen molar-refractivity contribution in [1.29, 1.82) is 0 Å². The highest BCUT2D eigenvalue weighted by Gasteiger charge is 2.28. The summed E-state index contributed by atoms with van der Waals surface area (Å²) in [5, 5.41) is 11.7. The molecule has 0 amide bonds. The normalized spacial score (nSPS) is 16.4. The third-order valence-electron chi connectivity index (χ3n) is 4.02. The summed E-state index contributed by atoms with van der Waals surface area (Å²) in [7, 11) is 0. The molecule has 1 unspecified atom stereocenters. The number of benzene rings is 2. The second kappa shape index (κ2) is 4.50. The van der Waals surface area contributed by atoms with Crippen LogP contribution in [0.3, 0.4) is 0 Å². The average molecular weight is 264 g/mol. The minimum Gasteiger partial charge on any atom is -0.458 e. The molecule has 2 aromatic carbocycles. The molecule has 1 aliphatic rings. The molecule has 20 heavy (non-hydrogen) atoms. The van der Waals surface area contributed by atoms with E-state index in [2.05, 4.69) is 6.07 Å². The molecule has 4 rings (SSSR count). The quantitative estimate of drug-likeness (QED) is 0.761. The molecule has 1 aromatic heterocycles. The van der Waals surface area contributed by atoms with Gasteiger partial charge in [0.25, 0.3) is 0 Å². The van der Waals surface area contributed by atoms with Crippen LogP contribution in [-0.4, -0.2) is 5.11 Å². The fraction of sp³-hybridized carbons (Fsp3) is 0.222. The first-order valence-electron chi connectivity index (χ1n) is 7.08. The number of rotatable bonds is 3. The Balaban J connectivity index is 1.78. The number of hydrogen-bond donors (Lipinski definition) is 1. The largest absolute Gasteiger partial charge is 0.458 e. The van der Waals surface area contributed by atoms with Gasteiger partial charge in [-0.05, 0) is 42.0 Å². The minimum absolute atomic E-state index is 0.616. The summed E-state index contributed by atoms with van der Waals surface area (Å²) in [6.07, 6.45) is 1.77. The maximum absolute atomic E-state index is 10.7. The highest BCUT2D eigenvalue weighted by atomic mass is 16.4. The van der Waals surface area contributed by atoms with E-state index < -0.39 is 6.10 Å². The van der Waals surface area contributed by atoms with Crippen LogP contribution >= 0.6 is 0 Å². The van der Waals surface area contributed by atoms with Gasteiger partial charge < -0.3 is 9.52 Å². The van der Waals surface area contributed by atoms with E-state index >= 15 is 0 Å². The predicted molar refractivity (Wildman–Crippen MR) is 78.7 cm³/mol. The molecular weight excluding hydrogens is 248 g/mol. The van der Waals surface area contributed by atoms with Crippen LogP contribution in [0.25, 0.3) is 11.0 Å². The second-order valence-corrected chi connectivity index (χ2v) is 5.49. The number of furan rings is 1. The van der Waals surface area contributed by atoms with E-state index in [4.69, 9.17) is 4.42 Å². The monoisotopic (exact) mass is 264 g/mol. The third kappa shape index (κ3) is 1.93. The summed E-state index contributed by atoms with van der Waals surface area (Å²) in [6.45, 7) is 0. The van der Waals surface area contributed by atoms with Crippen LogP contribution in [0.2, 0.25) is 0 Å². The van der Waals surface area contributed by atoms with Gasteiger partial charge >= 0.3 is 0 Å². The summed E-state index contributed by atoms with van der Waals surface area (Å²) >= 11 is 0. The fourth-order valence-electron chi connectivity index (χ4n) is 2.82. The van der Waals surface area contributed by atoms with Crippen molar-refractivity contribution < 1.29 is 9.52 Å². The molecule has 1 atom stereocenters. The van der Waals surface area contributed by atoms with E-state index in [-0.39, 0.29) is 0 Å². The van der Waals surface area contributed by atoms with Gasteiger partial charge in [0, 0.05) is 5.39 Å². The molecule has 3 aromatic rings. The van der Waals surface area contributed by atoms with Crippen LogP contribution in [0.15, 0.2) is 59.0 Å². The Kier molecular flexibility index (Phi) is 2.64. The summed E-state index contributed by atoms with van der Waals surface area (Å²) < 4.78 is 5.79. The molecule has 1 N–H and O–H groups in total. The first kappa shape index (κ1) is 11.7. The summed E-state index contributed by atoms with van der Waals surface area (Å²) in [6, 6.07) is 17.9. The van der Waals surface area contributed by atoms with Crippen molar-refractivity contribution in [2.75, 3.05) is 0 Å². The molecule has 2 heteroatoms. The van der Waals surface area contributed by atoms with E-state index in [0.717, 1.165) is 16.5 Å². The van der Waals surface area contributed by atoms with Crippen molar-refractivity contribution in [2.24, 2.45) is 0 Å². The lowest BCUT2D eigenvalue weighted by molar-refractivity contribution is 0.191. The maximum atomic E-state index is 10.7. The van der Waals surface area contributed by atoms with Gasteiger partial charge in [0.05, 0.1) is 0 Å². The van der Waals surface area contributed by atoms with E-state index in [1.54, 1.807) is 0 Å². The molecule has 100 valence electrons. The first-order chi connectivity index (χ1) is 9.83. The summed E-state index contributed by atoms with van der Waals surface area (Å²) in [4.78, 5) is 0. The van der Waals surface area contributed by atoms with Crippen LogP contribution < -0.4 is 0 Å². The molecule has 1 saturated carbocycles. The number of hydrogen-bond acceptors (Lipinski definition) is 2. The number of fused-ring (bicyclic) bond motifs is 1. The van der Waals surface area contributed by atoms with E-state index in [0.29, 0.717) is 11.7 Å². The van der Waals surface area contributed by atoms with Gasteiger partial charge in [-0.25, -0.2) is 0 Å². The Hall–Kier alpha value is -2.06. The highest BCUT2D eigenvalue weighted by molar-refractivity contribution is 5.77. The molecule has 0 bridgehead atoms. The molecule has 1 aliphatic carbocycles. The fourth-order valence-corrected chi connectivity index (χ4v) is 2.82. The van der Waals surface area contributed by atoms with Crippen molar-refractivity contribution in [3.63, 3.8) is 0 Å². The smallest absolute Gasteiger partial charge is 0.138 e. The van der Waals surface area contributed by atoms with Crippen LogP contribution in [-0.2, 0) is 0 Å². The van der Waals surface area contributed by atoms with Gasteiger partial charge in [0.15, 0.2) is 0 Å². The van der Waals surface area contributed by atoms with Crippen LogP contribution in [0.1, 0.15) is 41.8 Å². The van der Waals surface area contributed by atoms with Crippen molar-refractivity contribution in [3.8, 4) is 0 Å². The molecule has 0 aliphatic heterocycles. The Morgan fingerprint density at radius 1 is 1.00 bits per heavy atom. The number of aliphatic hydroxyl groups is 1. The first-order valence-corrected chi connectivity index (χ1v) is 7.08. The average Bonchev–Trinajstić information content (AvgIpc) is 3.25. The van der Waals surface area contributed by atoms with Crippen LogP contribution in [0, 0.1) is 0 Å². The van der Waals surface area contributed by atoms with Crippen LogP contribution in [0.5, 0.6) is 0 Å². The van der Waals surface area contributed by atoms with E-state index in [1.807, 2.05) is 48.5 Å². The van der Waals surface area contributed by atoms with E-state index in [9.17, 15) is 5.11 Å². The highest BCUT2D eigenvalue weighted by Crippen LogP contribution is 2.44. The maximum Gasteiger partial charge on any atom is 0.138 e. The Morgan fingerprint density at radius 3 is 2.55 bits per heavy atom. The van der Waals surface area contributed by atoms with Gasteiger partial charge in [-0.1, -0.05) is 42.5 Å². The summed E-state index contributed by atoms with van der Waals surface area (Å²) in [5.74, 6) is 1.24. The lowest BCUT2D eigenvalue weighted by atomic mass is 9.97. The van der Waals surface area contributed by atoms with Gasteiger partial charge in [-0.2, -0.15) is 0 Å².